The molecule has 3 N–H and O–H groups in total. The predicted octanol–water partition coefficient (Wildman–Crippen LogP) is 0.384. The Hall–Kier alpha value is -2.22. The van der Waals surface area contributed by atoms with E-state index in [9.17, 15) is 20.2 Å². The van der Waals surface area contributed by atoms with Gasteiger partial charge in [0.15, 0.2) is 0 Å². The Balaban J connectivity index is 0.00000169. The lowest BCUT2D eigenvalue weighted by Gasteiger charge is -1.95. The number of phenolic OH excluding ortho intramolecular Hbond substituents is 1. The number of hydrogen-bond donors (Lipinski definition) is 1. The number of hydrogen-bond acceptors (Lipinski definition) is 5. The van der Waals surface area contributed by atoms with Crippen molar-refractivity contribution in [3.63, 3.8) is 0 Å². The number of nitro benzene ring substituents is 2. The van der Waals surface area contributed by atoms with E-state index in [1.54, 1.807) is 0 Å². The van der Waals surface area contributed by atoms with E-state index in [0.29, 0.717) is 0 Å². The molecule has 0 spiro atoms. The van der Waals surface area contributed by atoms with E-state index in [0.717, 1.165) is 12.1 Å². The molecule has 1 aromatic carbocycles. The zero-order chi connectivity index (χ0) is 10.0. The molecule has 0 unspecified atom stereocenters. The van der Waals surface area contributed by atoms with Crippen molar-refractivity contribution in [2.75, 3.05) is 0 Å². The fraction of sp³-hybridized carbons (Fsp3) is 0. The zero-order valence-electron chi connectivity index (χ0n) is 6.71. The third-order valence-corrected chi connectivity index (χ3v) is 1.37. The van der Waals surface area contributed by atoms with Crippen LogP contribution in [0, 0.1) is 20.2 Å². The Morgan fingerprint density at radius 1 is 1.14 bits per heavy atom. The minimum Gasteiger partial charge on any atom is -0.502 e. The van der Waals surface area contributed by atoms with Gasteiger partial charge in [0.25, 0.3) is 0 Å². The summed E-state index contributed by atoms with van der Waals surface area (Å²) in [6, 6.07) is 3.14. The van der Waals surface area contributed by atoms with Gasteiger partial charge in [-0.25, -0.2) is 0 Å². The van der Waals surface area contributed by atoms with E-state index in [-0.39, 0.29) is 5.48 Å². The molecule has 0 atom stereocenters. The fourth-order valence-corrected chi connectivity index (χ4v) is 0.854. The number of aromatic hydroxyl groups is 1. The molecule has 76 valence electrons. The van der Waals surface area contributed by atoms with E-state index >= 15 is 0 Å². The first kappa shape index (κ1) is 11.8. The molecule has 8 nitrogen and oxygen atoms in total. The van der Waals surface area contributed by atoms with Gasteiger partial charge >= 0.3 is 11.4 Å². The summed E-state index contributed by atoms with van der Waals surface area (Å²) >= 11 is 0. The predicted molar refractivity (Wildman–Crippen MR) is 45.0 cm³/mol. The maximum Gasteiger partial charge on any atom is 0.387 e. The number of para-hydroxylation sites is 1. The van der Waals surface area contributed by atoms with E-state index in [1.165, 1.54) is 6.07 Å². The first-order chi connectivity index (χ1) is 6.04. The van der Waals surface area contributed by atoms with Crippen molar-refractivity contribution in [3.05, 3.63) is 38.4 Å². The molecule has 1 rings (SSSR count). The van der Waals surface area contributed by atoms with Crippen LogP contribution in [0.15, 0.2) is 18.2 Å². The van der Waals surface area contributed by atoms with Crippen LogP contribution in [0.5, 0.6) is 5.75 Å². The summed E-state index contributed by atoms with van der Waals surface area (Å²) in [5.41, 5.74) is -1.60. The highest BCUT2D eigenvalue weighted by Crippen LogP contribution is 2.34. The first-order valence-corrected chi connectivity index (χ1v) is 3.15. The Kier molecular flexibility index (Phi) is 3.48. The lowest BCUT2D eigenvalue weighted by molar-refractivity contribution is -0.423. The Morgan fingerprint density at radius 3 is 2.07 bits per heavy atom. The Morgan fingerprint density at radius 2 is 1.71 bits per heavy atom. The van der Waals surface area contributed by atoms with Crippen LogP contribution in [0.4, 0.5) is 11.4 Å². The highest BCUT2D eigenvalue weighted by molar-refractivity contribution is 5.60. The molecule has 0 radical (unpaired) electrons. The Labute approximate surface area is 77.0 Å². The van der Waals surface area contributed by atoms with Crippen molar-refractivity contribution in [1.29, 1.82) is 0 Å². The number of rotatable bonds is 2. The van der Waals surface area contributed by atoms with Gasteiger partial charge in [-0.2, -0.15) is 0 Å². The molecule has 0 aromatic heterocycles. The highest BCUT2D eigenvalue weighted by Gasteiger charge is 2.27. The van der Waals surface area contributed by atoms with Gasteiger partial charge in [-0.1, -0.05) is 6.07 Å². The molecule has 0 aliphatic carbocycles. The second-order valence-electron chi connectivity index (χ2n) is 2.16. The summed E-state index contributed by atoms with van der Waals surface area (Å²) in [6.45, 7) is 0. The van der Waals surface area contributed by atoms with Crippen LogP contribution < -0.4 is 0 Å². The lowest BCUT2D eigenvalue weighted by atomic mass is 10.2. The average Bonchev–Trinajstić information content (AvgIpc) is 2.02. The van der Waals surface area contributed by atoms with Gasteiger partial charge in [0.1, 0.15) is 0 Å². The highest BCUT2D eigenvalue weighted by atomic mass is 16.6. The zero-order valence-corrected chi connectivity index (χ0v) is 6.71. The fourth-order valence-electron chi connectivity index (χ4n) is 0.854. The second-order valence-corrected chi connectivity index (χ2v) is 2.16. The summed E-state index contributed by atoms with van der Waals surface area (Å²) in [5.74, 6) is -0.709. The quantitative estimate of drug-likeness (QED) is 0.545. The summed E-state index contributed by atoms with van der Waals surface area (Å²) in [4.78, 5) is 18.6. The molecule has 0 amide bonds. The average molecular weight is 202 g/mol. The summed E-state index contributed by atoms with van der Waals surface area (Å²) in [6.07, 6.45) is 0. The van der Waals surface area contributed by atoms with E-state index in [2.05, 4.69) is 0 Å². The van der Waals surface area contributed by atoms with Gasteiger partial charge in [0.05, 0.1) is 9.85 Å². The molecule has 0 aliphatic rings. The number of nitro groups is 2. The molecule has 8 heteroatoms. The van der Waals surface area contributed by atoms with E-state index in [1.807, 2.05) is 0 Å². The van der Waals surface area contributed by atoms with Crippen LogP contribution in [0.1, 0.15) is 0 Å². The first-order valence-electron chi connectivity index (χ1n) is 3.15. The van der Waals surface area contributed by atoms with Crippen molar-refractivity contribution in [2.24, 2.45) is 0 Å². The van der Waals surface area contributed by atoms with Crippen LogP contribution in [0.3, 0.4) is 0 Å². The van der Waals surface area contributed by atoms with Crippen LogP contribution in [0.2, 0.25) is 0 Å². The van der Waals surface area contributed by atoms with Gasteiger partial charge in [0, 0.05) is 6.07 Å². The molecular weight excluding hydrogens is 196 g/mol. The monoisotopic (exact) mass is 202 g/mol. The minimum atomic E-state index is -0.993. The normalized spacial score (nSPS) is 8.86. The van der Waals surface area contributed by atoms with E-state index < -0.39 is 27.0 Å². The smallest absolute Gasteiger partial charge is 0.387 e. The molecule has 0 saturated carbocycles. The second kappa shape index (κ2) is 4.14. The topological polar surface area (TPSA) is 138 Å². The number of benzene rings is 1. The van der Waals surface area contributed by atoms with Crippen molar-refractivity contribution < 1.29 is 20.4 Å². The summed E-state index contributed by atoms with van der Waals surface area (Å²) in [7, 11) is 0. The van der Waals surface area contributed by atoms with Gasteiger partial charge in [0.2, 0.25) is 5.75 Å². The molecule has 0 saturated heterocycles. The largest absolute Gasteiger partial charge is 0.502 e. The van der Waals surface area contributed by atoms with Crippen LogP contribution >= 0.6 is 0 Å². The van der Waals surface area contributed by atoms with Crippen LogP contribution in [-0.2, 0) is 0 Å². The van der Waals surface area contributed by atoms with Crippen molar-refractivity contribution >= 4 is 11.4 Å². The van der Waals surface area contributed by atoms with Crippen LogP contribution in [-0.4, -0.2) is 20.4 Å². The SMILES string of the molecule is O.O=[N+]([O-])c1cccc(O)c1[N+](=O)[O-]. The summed E-state index contributed by atoms with van der Waals surface area (Å²) < 4.78 is 0. The maximum absolute atomic E-state index is 10.3. The standard InChI is InChI=1S/C6H4N2O5.H2O/c9-5-3-1-2-4(7(10)11)6(5)8(12)13;/h1-3,9H;1H2. The number of phenols is 1. The maximum atomic E-state index is 10.3. The van der Waals surface area contributed by atoms with Gasteiger partial charge in [-0.3, -0.25) is 20.2 Å². The minimum absolute atomic E-state index is 0. The van der Waals surface area contributed by atoms with Gasteiger partial charge in [-0.15, -0.1) is 0 Å². The molecule has 1 aromatic rings. The van der Waals surface area contributed by atoms with Crippen molar-refractivity contribution in [3.8, 4) is 5.75 Å². The number of nitrogens with zero attached hydrogens (tertiary/aromatic N) is 2. The van der Waals surface area contributed by atoms with Crippen LogP contribution in [0.25, 0.3) is 0 Å². The molecule has 14 heavy (non-hydrogen) atoms. The molecular formula is C6H6N2O6. The summed E-state index contributed by atoms with van der Waals surface area (Å²) in [5, 5.41) is 29.5. The lowest BCUT2D eigenvalue weighted by Crippen LogP contribution is -1.96. The third kappa shape index (κ3) is 1.93. The van der Waals surface area contributed by atoms with E-state index in [4.69, 9.17) is 5.11 Å². The van der Waals surface area contributed by atoms with Crippen molar-refractivity contribution in [1.82, 2.24) is 0 Å². The molecule has 0 fully saturated rings. The molecule has 0 heterocycles. The molecule has 0 bridgehead atoms. The van der Waals surface area contributed by atoms with Crippen molar-refractivity contribution in [2.45, 2.75) is 0 Å². The Bertz CT molecular complexity index is 377. The molecule has 0 aliphatic heterocycles. The third-order valence-electron chi connectivity index (χ3n) is 1.37. The van der Waals surface area contributed by atoms with Gasteiger partial charge in [-0.05, 0) is 6.07 Å². The van der Waals surface area contributed by atoms with Gasteiger partial charge < -0.3 is 10.6 Å².